The Hall–Kier alpha value is -2.68. The van der Waals surface area contributed by atoms with Crippen molar-refractivity contribution >= 4 is 10.0 Å². The second kappa shape index (κ2) is 10.5. The molecule has 2 heterocycles. The summed E-state index contributed by atoms with van der Waals surface area (Å²) in [5.41, 5.74) is 4.15. The highest BCUT2D eigenvalue weighted by atomic mass is 32.2. The summed E-state index contributed by atoms with van der Waals surface area (Å²) in [4.78, 5) is 2.85. The van der Waals surface area contributed by atoms with E-state index in [2.05, 4.69) is 57.2 Å². The number of aryl methyl sites for hydroxylation is 2. The van der Waals surface area contributed by atoms with Gasteiger partial charge in [0.2, 0.25) is 10.0 Å². The van der Waals surface area contributed by atoms with Gasteiger partial charge in [-0.05, 0) is 74.0 Å². The first-order chi connectivity index (χ1) is 17.0. The van der Waals surface area contributed by atoms with Gasteiger partial charge in [0, 0.05) is 31.7 Å². The number of ether oxygens (including phenoxy) is 1. The van der Waals surface area contributed by atoms with Crippen molar-refractivity contribution in [2.45, 2.75) is 49.0 Å². The van der Waals surface area contributed by atoms with Gasteiger partial charge in [-0.1, -0.05) is 36.4 Å². The number of aromatic nitrogens is 2. The van der Waals surface area contributed by atoms with Crippen molar-refractivity contribution in [2.75, 3.05) is 26.2 Å². The van der Waals surface area contributed by atoms with E-state index in [0.29, 0.717) is 12.0 Å². The molecule has 35 heavy (non-hydrogen) atoms. The molecule has 1 aliphatic carbocycles. The molecule has 1 aromatic heterocycles. The zero-order chi connectivity index (χ0) is 24.3. The van der Waals surface area contributed by atoms with Gasteiger partial charge in [-0.15, -0.1) is 0 Å². The largest absolute Gasteiger partial charge is 0.492 e. The molecule has 1 saturated heterocycles. The third kappa shape index (κ3) is 5.60. The maximum atomic E-state index is 12.4. The molecule has 1 N–H and O–H groups in total. The zero-order valence-corrected chi connectivity index (χ0v) is 21.1. The first-order valence-electron chi connectivity index (χ1n) is 12.5. The minimum Gasteiger partial charge on any atom is -0.492 e. The lowest BCUT2D eigenvalue weighted by Crippen LogP contribution is -2.41. The molecule has 186 valence electrons. The molecular weight excluding hydrogens is 460 g/mol. The smallest absolute Gasteiger partial charge is 0.243 e. The van der Waals surface area contributed by atoms with Gasteiger partial charge >= 0.3 is 0 Å². The van der Waals surface area contributed by atoms with Gasteiger partial charge in [-0.25, -0.2) is 13.1 Å². The van der Waals surface area contributed by atoms with Crippen molar-refractivity contribution in [1.82, 2.24) is 19.4 Å². The number of hydrogen-bond acceptors (Lipinski definition) is 5. The maximum Gasteiger partial charge on any atom is 0.243 e. The lowest BCUT2D eigenvalue weighted by Gasteiger charge is -2.39. The number of nitrogens with one attached hydrogen (secondary N) is 1. The van der Waals surface area contributed by atoms with Gasteiger partial charge in [-0.3, -0.25) is 9.58 Å². The van der Waals surface area contributed by atoms with Crippen LogP contribution in [0.5, 0.6) is 5.75 Å². The fourth-order valence-corrected chi connectivity index (χ4v) is 6.53. The van der Waals surface area contributed by atoms with Crippen molar-refractivity contribution in [3.05, 3.63) is 77.6 Å². The maximum absolute atomic E-state index is 12.4. The van der Waals surface area contributed by atoms with E-state index >= 15 is 0 Å². The first kappa shape index (κ1) is 24.0. The number of fused-ring (bicyclic) bond motifs is 1. The lowest BCUT2D eigenvalue weighted by atomic mass is 9.75. The SMILES string of the molecule is Cn1cc(S(=O)(=O)NCCOc2ccc3c(c2)C(Cc2ccccc2)C(N2CCCC2)CC3)cn1. The molecule has 0 radical (unpaired) electrons. The van der Waals surface area contributed by atoms with E-state index in [0.717, 1.165) is 18.6 Å². The third-order valence-corrected chi connectivity index (χ3v) is 8.67. The van der Waals surface area contributed by atoms with Crippen LogP contribution in [0.4, 0.5) is 0 Å². The summed E-state index contributed by atoms with van der Waals surface area (Å²) in [5.74, 6) is 1.22. The molecule has 5 rings (SSSR count). The Kier molecular flexibility index (Phi) is 7.22. The molecule has 8 heteroatoms. The minimum absolute atomic E-state index is 0.158. The number of nitrogens with zero attached hydrogens (tertiary/aromatic N) is 3. The molecule has 0 amide bonds. The topological polar surface area (TPSA) is 76.5 Å². The van der Waals surface area contributed by atoms with E-state index in [1.54, 1.807) is 7.05 Å². The fraction of sp³-hybridized carbons (Fsp3) is 0.444. The molecule has 0 bridgehead atoms. The van der Waals surface area contributed by atoms with E-state index < -0.39 is 10.0 Å². The second-order valence-corrected chi connectivity index (χ2v) is 11.4. The summed E-state index contributed by atoms with van der Waals surface area (Å²) in [5, 5.41) is 3.93. The van der Waals surface area contributed by atoms with Gasteiger partial charge in [0.25, 0.3) is 0 Å². The summed E-state index contributed by atoms with van der Waals surface area (Å²) in [6.07, 6.45) is 8.71. The Morgan fingerprint density at radius 2 is 1.91 bits per heavy atom. The second-order valence-electron chi connectivity index (χ2n) is 9.60. The molecular formula is C27H34N4O3S. The van der Waals surface area contributed by atoms with Crippen LogP contribution in [0.15, 0.2) is 65.8 Å². The van der Waals surface area contributed by atoms with E-state index in [1.807, 2.05) is 6.07 Å². The van der Waals surface area contributed by atoms with E-state index in [4.69, 9.17) is 4.74 Å². The normalized spacial score (nSPS) is 20.6. The number of sulfonamides is 1. The highest BCUT2D eigenvalue weighted by molar-refractivity contribution is 7.89. The average Bonchev–Trinajstić information content (AvgIpc) is 3.55. The van der Waals surface area contributed by atoms with E-state index in [9.17, 15) is 8.42 Å². The van der Waals surface area contributed by atoms with Crippen molar-refractivity contribution in [3.8, 4) is 5.75 Å². The van der Waals surface area contributed by atoms with Crippen LogP contribution in [0.2, 0.25) is 0 Å². The van der Waals surface area contributed by atoms with Crippen LogP contribution < -0.4 is 9.46 Å². The summed E-state index contributed by atoms with van der Waals surface area (Å²) in [7, 11) is -1.90. The highest BCUT2D eigenvalue weighted by Crippen LogP contribution is 2.40. The van der Waals surface area contributed by atoms with Crippen molar-refractivity contribution in [3.63, 3.8) is 0 Å². The molecule has 0 spiro atoms. The summed E-state index contributed by atoms with van der Waals surface area (Å²) >= 11 is 0. The Balaban J connectivity index is 1.29. The number of likely N-dealkylation sites (tertiary alicyclic amines) is 1. The van der Waals surface area contributed by atoms with Crippen molar-refractivity contribution in [2.24, 2.45) is 7.05 Å². The Morgan fingerprint density at radius 3 is 2.66 bits per heavy atom. The number of rotatable bonds is 9. The molecule has 1 fully saturated rings. The molecule has 2 unspecified atom stereocenters. The number of benzene rings is 2. The lowest BCUT2D eigenvalue weighted by molar-refractivity contribution is 0.188. The van der Waals surface area contributed by atoms with Crippen LogP contribution in [0.25, 0.3) is 0 Å². The van der Waals surface area contributed by atoms with Gasteiger partial charge in [0.05, 0.1) is 6.20 Å². The molecule has 3 aromatic rings. The van der Waals surface area contributed by atoms with Gasteiger partial charge < -0.3 is 4.74 Å². The predicted octanol–water partition coefficient (Wildman–Crippen LogP) is 3.51. The van der Waals surface area contributed by atoms with E-state index in [-0.39, 0.29) is 18.0 Å². The molecule has 1 aliphatic heterocycles. The zero-order valence-electron chi connectivity index (χ0n) is 20.3. The predicted molar refractivity (Wildman–Crippen MR) is 136 cm³/mol. The quantitative estimate of drug-likeness (QED) is 0.461. The number of hydrogen-bond donors (Lipinski definition) is 1. The standard InChI is InChI=1S/C27H34N4O3S/c1-30-20-24(19-28-30)35(32,33)29-13-16-34-23-11-9-22-10-12-27(31-14-5-6-15-31)26(25(22)18-23)17-21-7-3-2-4-8-21/h2-4,7-9,11,18-20,26-27,29H,5-6,10,12-17H2,1H3. The van der Waals surface area contributed by atoms with Crippen molar-refractivity contribution < 1.29 is 13.2 Å². The summed E-state index contributed by atoms with van der Waals surface area (Å²) in [6, 6.07) is 17.7. The average molecular weight is 495 g/mol. The summed E-state index contributed by atoms with van der Waals surface area (Å²) < 4.78 is 34.9. The third-order valence-electron chi connectivity index (χ3n) is 7.25. The van der Waals surface area contributed by atoms with Crippen molar-refractivity contribution in [1.29, 1.82) is 0 Å². The van der Waals surface area contributed by atoms with Crippen LogP contribution in [0, 0.1) is 0 Å². The van der Waals surface area contributed by atoms with Crippen LogP contribution in [-0.4, -0.2) is 55.4 Å². The molecule has 2 aliphatic rings. The van der Waals surface area contributed by atoms with Gasteiger partial charge in [0.1, 0.15) is 17.3 Å². The summed E-state index contributed by atoms with van der Waals surface area (Å²) in [6.45, 7) is 2.84. The monoisotopic (exact) mass is 494 g/mol. The van der Waals surface area contributed by atoms with Crippen LogP contribution >= 0.6 is 0 Å². The fourth-order valence-electron chi connectivity index (χ4n) is 5.54. The van der Waals surface area contributed by atoms with Crippen LogP contribution in [0.1, 0.15) is 41.9 Å². The van der Waals surface area contributed by atoms with Crippen LogP contribution in [-0.2, 0) is 29.9 Å². The molecule has 0 saturated carbocycles. The highest BCUT2D eigenvalue weighted by Gasteiger charge is 2.35. The molecule has 2 aromatic carbocycles. The van der Waals surface area contributed by atoms with Gasteiger partial charge in [0.15, 0.2) is 0 Å². The van der Waals surface area contributed by atoms with Crippen LogP contribution in [0.3, 0.4) is 0 Å². The Bertz CT molecular complexity index is 1240. The minimum atomic E-state index is -3.59. The van der Waals surface area contributed by atoms with Gasteiger partial charge in [-0.2, -0.15) is 5.10 Å². The first-order valence-corrected chi connectivity index (χ1v) is 14.0. The van der Waals surface area contributed by atoms with E-state index in [1.165, 1.54) is 66.1 Å². The Labute approximate surface area is 208 Å². The molecule has 7 nitrogen and oxygen atoms in total. The molecule has 2 atom stereocenters. The Morgan fingerprint density at radius 1 is 1.11 bits per heavy atom.